The maximum absolute atomic E-state index is 12.3. The van der Waals surface area contributed by atoms with E-state index < -0.39 is 0 Å². The Labute approximate surface area is 136 Å². The van der Waals surface area contributed by atoms with Crippen LogP contribution in [0.2, 0.25) is 0 Å². The van der Waals surface area contributed by atoms with Crippen molar-refractivity contribution < 1.29 is 14.7 Å². The van der Waals surface area contributed by atoms with Crippen LogP contribution in [-0.2, 0) is 16.0 Å². The molecule has 0 radical (unpaired) electrons. The van der Waals surface area contributed by atoms with Crippen LogP contribution in [0.5, 0.6) is 0 Å². The molecule has 1 atom stereocenters. The van der Waals surface area contributed by atoms with Gasteiger partial charge in [-0.3, -0.25) is 9.59 Å². The molecular formula is C18H24N2O3. The van der Waals surface area contributed by atoms with E-state index >= 15 is 0 Å². The molecule has 3 rings (SSSR count). The third-order valence-electron chi connectivity index (χ3n) is 5.15. The van der Waals surface area contributed by atoms with Crippen molar-refractivity contribution in [1.29, 1.82) is 0 Å². The molecule has 1 unspecified atom stereocenters. The van der Waals surface area contributed by atoms with E-state index in [4.69, 9.17) is 0 Å². The highest BCUT2D eigenvalue weighted by atomic mass is 16.3. The van der Waals surface area contributed by atoms with E-state index in [1.807, 2.05) is 18.2 Å². The Morgan fingerprint density at radius 3 is 2.74 bits per heavy atom. The van der Waals surface area contributed by atoms with Gasteiger partial charge in [-0.25, -0.2) is 0 Å². The standard InChI is InChI=1S/C18H24N2O3/c1-13(22)20-9-6-14-4-2-3-5-15(14)16(20)10-17(23)19-11-18(12-21)7-8-18/h2-5,16,21H,6-12H2,1H3,(H,19,23). The van der Waals surface area contributed by atoms with Crippen LogP contribution < -0.4 is 5.32 Å². The normalized spacial score (nSPS) is 21.5. The summed E-state index contributed by atoms with van der Waals surface area (Å²) in [4.78, 5) is 26.1. The zero-order chi connectivity index (χ0) is 16.4. The van der Waals surface area contributed by atoms with E-state index in [1.165, 1.54) is 5.56 Å². The van der Waals surface area contributed by atoms with E-state index in [0.717, 1.165) is 24.8 Å². The minimum Gasteiger partial charge on any atom is -0.396 e. The van der Waals surface area contributed by atoms with Crippen molar-refractivity contribution in [2.24, 2.45) is 5.41 Å². The fraction of sp³-hybridized carbons (Fsp3) is 0.556. The Kier molecular flexibility index (Phi) is 4.39. The molecule has 5 heteroatoms. The number of carbonyl (C=O) groups is 2. The van der Waals surface area contributed by atoms with Crippen LogP contribution >= 0.6 is 0 Å². The van der Waals surface area contributed by atoms with Crippen LogP contribution in [0.15, 0.2) is 24.3 Å². The molecule has 2 N–H and O–H groups in total. The van der Waals surface area contributed by atoms with Gasteiger partial charge in [0.25, 0.3) is 0 Å². The number of hydrogen-bond acceptors (Lipinski definition) is 3. The van der Waals surface area contributed by atoms with E-state index in [9.17, 15) is 14.7 Å². The van der Waals surface area contributed by atoms with Crippen LogP contribution in [0.25, 0.3) is 0 Å². The number of benzene rings is 1. The monoisotopic (exact) mass is 316 g/mol. The SMILES string of the molecule is CC(=O)N1CCc2ccccc2C1CC(=O)NCC1(CO)CC1. The summed E-state index contributed by atoms with van der Waals surface area (Å²) in [6.07, 6.45) is 3.05. The van der Waals surface area contributed by atoms with Crippen LogP contribution in [0.1, 0.15) is 43.4 Å². The van der Waals surface area contributed by atoms with E-state index in [2.05, 4.69) is 11.4 Å². The second-order valence-electron chi connectivity index (χ2n) is 6.82. The second kappa shape index (κ2) is 6.32. The number of fused-ring (bicyclic) bond motifs is 1. The van der Waals surface area contributed by atoms with E-state index in [-0.39, 0.29) is 36.3 Å². The summed E-state index contributed by atoms with van der Waals surface area (Å²) in [5.74, 6) is -0.0518. The highest BCUT2D eigenvalue weighted by Crippen LogP contribution is 2.44. The Hall–Kier alpha value is -1.88. The van der Waals surface area contributed by atoms with Crippen molar-refractivity contribution >= 4 is 11.8 Å². The lowest BCUT2D eigenvalue weighted by atomic mass is 9.90. The molecule has 0 bridgehead atoms. The van der Waals surface area contributed by atoms with E-state index in [0.29, 0.717) is 13.1 Å². The lowest BCUT2D eigenvalue weighted by Gasteiger charge is -2.36. The molecule has 1 fully saturated rings. The first-order valence-electron chi connectivity index (χ1n) is 8.27. The third-order valence-corrected chi connectivity index (χ3v) is 5.15. The highest BCUT2D eigenvalue weighted by molar-refractivity contribution is 5.79. The number of nitrogens with one attached hydrogen (secondary N) is 1. The lowest BCUT2D eigenvalue weighted by Crippen LogP contribution is -2.42. The number of nitrogens with zero attached hydrogens (tertiary/aromatic N) is 1. The summed E-state index contributed by atoms with van der Waals surface area (Å²) in [7, 11) is 0. The van der Waals surface area contributed by atoms with Gasteiger partial charge in [0.15, 0.2) is 0 Å². The molecule has 124 valence electrons. The smallest absolute Gasteiger partial charge is 0.222 e. The van der Waals surface area contributed by atoms with Crippen LogP contribution in [-0.4, -0.2) is 41.5 Å². The number of rotatable bonds is 5. The van der Waals surface area contributed by atoms with Gasteiger partial charge >= 0.3 is 0 Å². The van der Waals surface area contributed by atoms with E-state index in [1.54, 1.807) is 11.8 Å². The molecule has 2 amide bonds. The first-order chi connectivity index (χ1) is 11.0. The third kappa shape index (κ3) is 3.39. The zero-order valence-corrected chi connectivity index (χ0v) is 13.5. The molecule has 1 aliphatic carbocycles. The quantitative estimate of drug-likeness (QED) is 0.863. The van der Waals surface area contributed by atoms with Crippen molar-refractivity contribution in [3.8, 4) is 0 Å². The maximum atomic E-state index is 12.3. The highest BCUT2D eigenvalue weighted by Gasteiger charge is 2.42. The van der Waals surface area contributed by atoms with Gasteiger partial charge in [0, 0.05) is 25.4 Å². The fourth-order valence-electron chi connectivity index (χ4n) is 3.35. The molecular weight excluding hydrogens is 292 g/mol. The largest absolute Gasteiger partial charge is 0.396 e. The second-order valence-corrected chi connectivity index (χ2v) is 6.82. The molecule has 0 aromatic heterocycles. The van der Waals surface area contributed by atoms with Gasteiger partial charge in [-0.2, -0.15) is 0 Å². The van der Waals surface area contributed by atoms with Gasteiger partial charge < -0.3 is 15.3 Å². The van der Waals surface area contributed by atoms with Crippen LogP contribution in [0, 0.1) is 5.41 Å². The van der Waals surface area contributed by atoms with Gasteiger partial charge in [-0.05, 0) is 30.4 Å². The Morgan fingerprint density at radius 1 is 1.35 bits per heavy atom. The fourth-order valence-corrected chi connectivity index (χ4v) is 3.35. The Bertz CT molecular complexity index is 610. The molecule has 0 saturated heterocycles. The predicted octanol–water partition coefficient (Wildman–Crippen LogP) is 1.41. The zero-order valence-electron chi connectivity index (χ0n) is 13.5. The minimum atomic E-state index is -0.193. The van der Waals surface area contributed by atoms with Gasteiger partial charge in [0.2, 0.25) is 11.8 Å². The lowest BCUT2D eigenvalue weighted by molar-refractivity contribution is -0.133. The average Bonchev–Trinajstić information content (AvgIpc) is 3.33. The van der Waals surface area contributed by atoms with Gasteiger partial charge in [-0.15, -0.1) is 0 Å². The first-order valence-corrected chi connectivity index (χ1v) is 8.27. The van der Waals surface area contributed by atoms with Gasteiger partial charge in [-0.1, -0.05) is 24.3 Å². The first kappa shape index (κ1) is 16.0. The summed E-state index contributed by atoms with van der Waals surface area (Å²) >= 11 is 0. The van der Waals surface area contributed by atoms with Crippen molar-refractivity contribution in [2.75, 3.05) is 19.7 Å². The summed E-state index contributed by atoms with van der Waals surface area (Å²) in [5, 5.41) is 12.3. The Morgan fingerprint density at radius 2 is 2.09 bits per heavy atom. The molecule has 1 aliphatic heterocycles. The van der Waals surface area contributed by atoms with Crippen molar-refractivity contribution in [1.82, 2.24) is 10.2 Å². The van der Waals surface area contributed by atoms with Gasteiger partial charge in [0.1, 0.15) is 0 Å². The number of aliphatic hydroxyl groups excluding tert-OH is 1. The van der Waals surface area contributed by atoms with Crippen molar-refractivity contribution in [3.05, 3.63) is 35.4 Å². The molecule has 2 aliphatic rings. The van der Waals surface area contributed by atoms with Crippen molar-refractivity contribution in [2.45, 2.75) is 38.6 Å². The summed E-state index contributed by atoms with van der Waals surface area (Å²) < 4.78 is 0. The molecule has 1 aromatic carbocycles. The summed E-state index contributed by atoms with van der Waals surface area (Å²) in [6, 6.07) is 7.85. The number of hydrogen-bond donors (Lipinski definition) is 2. The average molecular weight is 316 g/mol. The molecule has 1 heterocycles. The molecule has 23 heavy (non-hydrogen) atoms. The topological polar surface area (TPSA) is 69.6 Å². The summed E-state index contributed by atoms with van der Waals surface area (Å²) in [5.41, 5.74) is 2.20. The Balaban J connectivity index is 1.70. The van der Waals surface area contributed by atoms with Crippen LogP contribution in [0.3, 0.4) is 0 Å². The maximum Gasteiger partial charge on any atom is 0.222 e. The van der Waals surface area contributed by atoms with Crippen molar-refractivity contribution in [3.63, 3.8) is 0 Å². The minimum absolute atomic E-state index is 0.00586. The number of carbonyl (C=O) groups excluding carboxylic acids is 2. The summed E-state index contributed by atoms with van der Waals surface area (Å²) in [6.45, 7) is 2.87. The molecule has 1 aromatic rings. The molecule has 0 spiro atoms. The predicted molar refractivity (Wildman–Crippen MR) is 86.7 cm³/mol. The van der Waals surface area contributed by atoms with Gasteiger partial charge in [0.05, 0.1) is 19.1 Å². The molecule has 5 nitrogen and oxygen atoms in total. The number of aliphatic hydroxyl groups is 1. The molecule has 1 saturated carbocycles. The van der Waals surface area contributed by atoms with Crippen LogP contribution in [0.4, 0.5) is 0 Å². The number of amides is 2.